The number of amides is 1. The Bertz CT molecular complexity index is 360. The van der Waals surface area contributed by atoms with Crippen molar-refractivity contribution < 1.29 is 4.79 Å². The normalized spacial score (nSPS) is 10.8. The highest BCUT2D eigenvalue weighted by Crippen LogP contribution is 2.31. The molecule has 0 aliphatic rings. The summed E-state index contributed by atoms with van der Waals surface area (Å²) in [6, 6.07) is 1.81. The summed E-state index contributed by atoms with van der Waals surface area (Å²) in [5.41, 5.74) is 0.673. The minimum Gasteiger partial charge on any atom is -0.349 e. The van der Waals surface area contributed by atoms with E-state index >= 15 is 0 Å². The molecule has 0 aliphatic heterocycles. The topological polar surface area (TPSA) is 29.1 Å². The lowest BCUT2D eigenvalue weighted by Crippen LogP contribution is -2.22. The average Bonchev–Trinajstić information content (AvgIpc) is 2.45. The Morgan fingerprint density at radius 1 is 1.64 bits per heavy atom. The molecule has 1 aromatic heterocycles. The van der Waals surface area contributed by atoms with Crippen LogP contribution in [0.25, 0.3) is 0 Å². The molecule has 1 N–H and O–H groups in total. The molecular weight excluding hydrogens is 330 g/mol. The van der Waals surface area contributed by atoms with Crippen molar-refractivity contribution in [1.29, 1.82) is 0 Å². The number of rotatable bonds is 3. The van der Waals surface area contributed by atoms with E-state index in [9.17, 15) is 4.79 Å². The van der Waals surface area contributed by atoms with Crippen LogP contribution in [0.15, 0.2) is 25.8 Å². The summed E-state index contributed by atoms with van der Waals surface area (Å²) in [6.07, 6.45) is 3.80. The minimum absolute atomic E-state index is 0.0584. The number of halogens is 2. The Hall–Kier alpha value is -0.130. The van der Waals surface area contributed by atoms with Gasteiger partial charge in [0.05, 0.1) is 13.1 Å². The third-order valence-electron chi connectivity index (χ3n) is 1.52. The van der Waals surface area contributed by atoms with Crippen molar-refractivity contribution in [2.45, 2.75) is 6.92 Å². The van der Waals surface area contributed by atoms with Gasteiger partial charge in [0, 0.05) is 6.54 Å². The SMILES string of the molecule is C/C=C/CNC(=O)c1cc(Br)sc1Br. The minimum atomic E-state index is -0.0584. The lowest BCUT2D eigenvalue weighted by Gasteiger charge is -1.99. The first kappa shape index (κ1) is 11.9. The van der Waals surface area contributed by atoms with Crippen molar-refractivity contribution in [3.8, 4) is 0 Å². The number of allylic oxidation sites excluding steroid dienone is 1. The largest absolute Gasteiger partial charge is 0.349 e. The average molecular weight is 339 g/mol. The van der Waals surface area contributed by atoms with Crippen LogP contribution in [-0.2, 0) is 0 Å². The van der Waals surface area contributed by atoms with Crippen molar-refractivity contribution >= 4 is 49.1 Å². The van der Waals surface area contributed by atoms with E-state index in [1.165, 1.54) is 11.3 Å². The molecule has 0 atom stereocenters. The third-order valence-corrected chi connectivity index (χ3v) is 3.86. The van der Waals surface area contributed by atoms with Crippen LogP contribution >= 0.6 is 43.2 Å². The fraction of sp³-hybridized carbons (Fsp3) is 0.222. The van der Waals surface area contributed by atoms with Crippen LogP contribution in [0.5, 0.6) is 0 Å². The van der Waals surface area contributed by atoms with Gasteiger partial charge in [-0.3, -0.25) is 4.79 Å². The molecule has 0 aromatic carbocycles. The van der Waals surface area contributed by atoms with Crippen molar-refractivity contribution in [2.75, 3.05) is 6.54 Å². The summed E-state index contributed by atoms with van der Waals surface area (Å²) >= 11 is 8.16. The van der Waals surface area contributed by atoms with Crippen LogP contribution in [0.1, 0.15) is 17.3 Å². The van der Waals surface area contributed by atoms with Gasteiger partial charge in [-0.2, -0.15) is 0 Å². The maximum absolute atomic E-state index is 11.6. The predicted octanol–water partition coefficient (Wildman–Crippen LogP) is 3.58. The van der Waals surface area contributed by atoms with Gasteiger partial charge in [-0.1, -0.05) is 12.2 Å². The molecule has 0 spiro atoms. The maximum Gasteiger partial charge on any atom is 0.253 e. The van der Waals surface area contributed by atoms with E-state index in [4.69, 9.17) is 0 Å². The van der Waals surface area contributed by atoms with Gasteiger partial charge >= 0.3 is 0 Å². The summed E-state index contributed by atoms with van der Waals surface area (Å²) < 4.78 is 1.79. The highest BCUT2D eigenvalue weighted by molar-refractivity contribution is 9.12. The van der Waals surface area contributed by atoms with E-state index in [2.05, 4.69) is 37.2 Å². The van der Waals surface area contributed by atoms with Gasteiger partial charge in [0.15, 0.2) is 0 Å². The van der Waals surface area contributed by atoms with Gasteiger partial charge in [-0.05, 0) is 44.8 Å². The molecule has 1 heterocycles. The number of hydrogen-bond acceptors (Lipinski definition) is 2. The molecule has 1 aromatic rings. The van der Waals surface area contributed by atoms with Crippen LogP contribution in [0.4, 0.5) is 0 Å². The molecular formula is C9H9Br2NOS. The lowest BCUT2D eigenvalue weighted by atomic mass is 10.3. The highest BCUT2D eigenvalue weighted by Gasteiger charge is 2.12. The van der Waals surface area contributed by atoms with E-state index in [-0.39, 0.29) is 5.91 Å². The van der Waals surface area contributed by atoms with E-state index in [1.54, 1.807) is 6.07 Å². The van der Waals surface area contributed by atoms with Gasteiger partial charge in [0.2, 0.25) is 0 Å². The second kappa shape index (κ2) is 5.68. The fourth-order valence-corrected chi connectivity index (χ4v) is 3.65. The summed E-state index contributed by atoms with van der Waals surface area (Å²) in [7, 11) is 0. The van der Waals surface area contributed by atoms with Gasteiger partial charge in [0.1, 0.15) is 0 Å². The van der Waals surface area contributed by atoms with E-state index < -0.39 is 0 Å². The second-order valence-electron chi connectivity index (χ2n) is 2.52. The molecule has 0 unspecified atom stereocenters. The summed E-state index contributed by atoms with van der Waals surface area (Å²) in [5.74, 6) is -0.0584. The Kier molecular flexibility index (Phi) is 4.84. The van der Waals surface area contributed by atoms with E-state index in [0.717, 1.165) is 7.57 Å². The molecule has 14 heavy (non-hydrogen) atoms. The van der Waals surface area contributed by atoms with Crippen molar-refractivity contribution in [2.24, 2.45) is 0 Å². The van der Waals surface area contributed by atoms with Crippen LogP contribution in [-0.4, -0.2) is 12.5 Å². The zero-order chi connectivity index (χ0) is 10.6. The number of hydrogen-bond donors (Lipinski definition) is 1. The van der Waals surface area contributed by atoms with Crippen LogP contribution in [0.3, 0.4) is 0 Å². The molecule has 1 amide bonds. The third kappa shape index (κ3) is 3.22. The first-order valence-corrected chi connectivity index (χ1v) is 6.39. The summed E-state index contributed by atoms with van der Waals surface area (Å²) in [5, 5.41) is 2.78. The molecule has 0 saturated heterocycles. The lowest BCUT2D eigenvalue weighted by molar-refractivity contribution is 0.0958. The number of nitrogens with one attached hydrogen (secondary N) is 1. The molecule has 0 aliphatic carbocycles. The number of thiophene rings is 1. The highest BCUT2D eigenvalue weighted by atomic mass is 79.9. The molecule has 2 nitrogen and oxygen atoms in total. The fourth-order valence-electron chi connectivity index (χ4n) is 0.860. The standard InChI is InChI=1S/C9H9Br2NOS/c1-2-3-4-12-9(13)6-5-7(10)14-8(6)11/h2-3,5H,4H2,1H3,(H,12,13)/b3-2+. The molecule has 0 radical (unpaired) electrons. The quantitative estimate of drug-likeness (QED) is 0.838. The molecule has 0 saturated carbocycles. The Balaban J connectivity index is 2.65. The van der Waals surface area contributed by atoms with Gasteiger partial charge in [-0.15, -0.1) is 11.3 Å². The molecule has 76 valence electrons. The molecule has 5 heteroatoms. The Morgan fingerprint density at radius 2 is 2.36 bits per heavy atom. The smallest absolute Gasteiger partial charge is 0.253 e. The summed E-state index contributed by atoms with van der Waals surface area (Å²) in [6.45, 7) is 2.48. The first-order valence-electron chi connectivity index (χ1n) is 3.99. The number of carbonyl (C=O) groups excluding carboxylic acids is 1. The Labute approximate surface area is 104 Å². The van der Waals surface area contributed by atoms with Crippen LogP contribution in [0.2, 0.25) is 0 Å². The maximum atomic E-state index is 11.6. The first-order chi connectivity index (χ1) is 6.65. The monoisotopic (exact) mass is 337 g/mol. The van der Waals surface area contributed by atoms with E-state index in [0.29, 0.717) is 12.1 Å². The number of carbonyl (C=O) groups is 1. The van der Waals surface area contributed by atoms with Gasteiger partial charge in [-0.25, -0.2) is 0 Å². The molecule has 0 fully saturated rings. The zero-order valence-corrected chi connectivity index (χ0v) is 11.5. The van der Waals surface area contributed by atoms with E-state index in [1.807, 2.05) is 19.1 Å². The predicted molar refractivity (Wildman–Crippen MR) is 66.9 cm³/mol. The van der Waals surface area contributed by atoms with Crippen LogP contribution < -0.4 is 5.32 Å². The molecule has 0 bridgehead atoms. The summed E-state index contributed by atoms with van der Waals surface area (Å²) in [4.78, 5) is 11.6. The Morgan fingerprint density at radius 3 is 2.86 bits per heavy atom. The van der Waals surface area contributed by atoms with Gasteiger partial charge in [0.25, 0.3) is 5.91 Å². The van der Waals surface area contributed by atoms with Gasteiger partial charge < -0.3 is 5.32 Å². The molecule has 1 rings (SSSR count). The van der Waals surface area contributed by atoms with Crippen molar-refractivity contribution in [3.05, 3.63) is 31.4 Å². The zero-order valence-electron chi connectivity index (χ0n) is 7.51. The van der Waals surface area contributed by atoms with Crippen LogP contribution in [0, 0.1) is 0 Å². The van der Waals surface area contributed by atoms with Crippen molar-refractivity contribution in [1.82, 2.24) is 5.32 Å². The van der Waals surface area contributed by atoms with Crippen molar-refractivity contribution in [3.63, 3.8) is 0 Å². The second-order valence-corrected chi connectivity index (χ2v) is 6.27.